The standard InChI is InChI=1S/C13H12O2P2.4Ar/c16-10-5-1-3-8-12(10)13-9(15-7-14-8)4-2-6-11(13)17;;;;/h1-6H,7,16-17H2;;;;. The van der Waals surface area contributed by atoms with Crippen molar-refractivity contribution in [2.45, 2.75) is 0 Å². The Morgan fingerprint density at radius 1 is 0.667 bits per heavy atom. The zero-order chi connectivity index (χ0) is 11.8. The molecule has 0 radical (unpaired) electrons. The van der Waals surface area contributed by atoms with Crippen LogP contribution in [0.2, 0.25) is 0 Å². The average Bonchev–Trinajstić information content (AvgIpc) is 2.50. The molecule has 0 aromatic heterocycles. The zero-order valence-electron chi connectivity index (χ0n) is 10.6. The Labute approximate surface area is 249 Å². The average molecular weight is 422 g/mol. The van der Waals surface area contributed by atoms with Crippen molar-refractivity contribution in [2.24, 2.45) is 0 Å². The minimum Gasteiger partial charge on any atom is -0.457 e. The summed E-state index contributed by atoms with van der Waals surface area (Å²) in [6.07, 6.45) is 0. The fourth-order valence-corrected chi connectivity index (χ4v) is 2.82. The summed E-state index contributed by atoms with van der Waals surface area (Å²) in [5, 5.41) is 2.23. The van der Waals surface area contributed by atoms with Crippen molar-refractivity contribution in [3.8, 4) is 22.6 Å². The van der Waals surface area contributed by atoms with Crippen molar-refractivity contribution < 1.29 is 160 Å². The Morgan fingerprint density at radius 3 is 1.43 bits per heavy atom. The number of hydrogen-bond acceptors (Lipinski definition) is 2. The summed E-state index contributed by atoms with van der Waals surface area (Å²) in [7, 11) is 5.50. The summed E-state index contributed by atoms with van der Waals surface area (Å²) in [5.74, 6) is 1.73. The Morgan fingerprint density at radius 2 is 1.05 bits per heavy atom. The Balaban J connectivity index is 0. The number of ether oxygens (including phenoxy) is 2. The second kappa shape index (κ2) is 13.2. The van der Waals surface area contributed by atoms with E-state index in [1.807, 2.05) is 24.3 Å². The second-order valence-corrected chi connectivity index (χ2v) is 5.09. The van der Waals surface area contributed by atoms with Crippen molar-refractivity contribution in [1.82, 2.24) is 0 Å². The van der Waals surface area contributed by atoms with E-state index in [1.54, 1.807) is 0 Å². The summed E-state index contributed by atoms with van der Waals surface area (Å²) in [4.78, 5) is 0. The third kappa shape index (κ3) is 6.55. The maximum atomic E-state index is 5.62. The molecule has 1 heterocycles. The molecule has 118 valence electrons. The van der Waals surface area contributed by atoms with Gasteiger partial charge >= 0.3 is 0 Å². The zero-order valence-corrected chi connectivity index (χ0v) is 15.7. The van der Waals surface area contributed by atoms with Gasteiger partial charge in [-0.25, -0.2) is 0 Å². The van der Waals surface area contributed by atoms with E-state index < -0.39 is 0 Å². The van der Waals surface area contributed by atoms with Crippen LogP contribution in [0.5, 0.6) is 11.5 Å². The van der Waals surface area contributed by atoms with Gasteiger partial charge in [-0.05, 0) is 22.7 Å². The van der Waals surface area contributed by atoms with Gasteiger partial charge in [0.2, 0.25) is 6.79 Å². The first kappa shape index (κ1) is 27.2. The number of hydrogen-bond donors (Lipinski definition) is 0. The van der Waals surface area contributed by atoms with Crippen LogP contribution in [0.15, 0.2) is 36.4 Å². The van der Waals surface area contributed by atoms with Crippen molar-refractivity contribution >= 4 is 29.1 Å². The molecule has 0 amide bonds. The van der Waals surface area contributed by atoms with E-state index in [2.05, 4.69) is 30.6 Å². The summed E-state index contributed by atoms with van der Waals surface area (Å²) in [5.41, 5.74) is 2.19. The molecule has 1 aliphatic heterocycles. The van der Waals surface area contributed by atoms with Crippen molar-refractivity contribution in [3.63, 3.8) is 0 Å². The Hall–Kier alpha value is 3.94. The van der Waals surface area contributed by atoms with Crippen LogP contribution in [0.3, 0.4) is 0 Å². The molecule has 0 N–H and O–H groups in total. The van der Waals surface area contributed by atoms with Crippen molar-refractivity contribution in [3.05, 3.63) is 36.4 Å². The molecule has 0 saturated carbocycles. The third-order valence-corrected chi connectivity index (χ3v) is 3.76. The molecule has 0 bridgehead atoms. The van der Waals surface area contributed by atoms with Crippen LogP contribution in [0, 0.1) is 151 Å². The van der Waals surface area contributed by atoms with Gasteiger partial charge in [0.05, 0.1) is 0 Å². The first-order valence-corrected chi connectivity index (χ1v) is 6.46. The molecule has 3 rings (SSSR count). The minimum absolute atomic E-state index is 0. The molecule has 0 saturated heterocycles. The van der Waals surface area contributed by atoms with Gasteiger partial charge in [0.25, 0.3) is 0 Å². The normalized spacial score (nSPS) is 10.4. The number of benzene rings is 2. The van der Waals surface area contributed by atoms with Gasteiger partial charge in [-0.15, -0.1) is 18.5 Å². The molecule has 2 unspecified atom stereocenters. The predicted molar refractivity (Wildman–Crippen MR) is 76.7 cm³/mol. The van der Waals surface area contributed by atoms with E-state index in [9.17, 15) is 0 Å². The molecule has 8 heteroatoms. The van der Waals surface area contributed by atoms with E-state index in [0.717, 1.165) is 33.2 Å². The fraction of sp³-hybridized carbons (Fsp3) is 0.0769. The summed E-state index contributed by atoms with van der Waals surface area (Å²) < 4.78 is 11.2. The van der Waals surface area contributed by atoms with Crippen LogP contribution < -0.4 is 20.1 Å². The number of rotatable bonds is 0. The largest absolute Gasteiger partial charge is 0.457 e. The smallest absolute Gasteiger partial charge is 0.230 e. The third-order valence-electron chi connectivity index (χ3n) is 2.80. The molecule has 0 fully saturated rings. The van der Waals surface area contributed by atoms with Crippen molar-refractivity contribution in [1.29, 1.82) is 0 Å². The van der Waals surface area contributed by atoms with Gasteiger partial charge < -0.3 is 9.47 Å². The molecule has 2 nitrogen and oxygen atoms in total. The molecule has 2 aromatic rings. The molecular formula is C13H12Ar4O2P2. The first-order chi connectivity index (χ1) is 8.27. The molecular weight excluding hydrogens is 410 g/mol. The van der Waals surface area contributed by atoms with Gasteiger partial charge in [0.1, 0.15) is 11.5 Å². The van der Waals surface area contributed by atoms with Crippen molar-refractivity contribution in [2.75, 3.05) is 6.79 Å². The van der Waals surface area contributed by atoms with Gasteiger partial charge in [-0.2, -0.15) is 0 Å². The molecule has 0 spiro atoms. The predicted octanol–water partition coefficient (Wildman–Crippen LogP) is 2.08. The molecule has 1 aliphatic rings. The summed E-state index contributed by atoms with van der Waals surface area (Å²) in [6.45, 7) is 0.252. The van der Waals surface area contributed by atoms with E-state index >= 15 is 0 Å². The Kier molecular flexibility index (Phi) is 17.0. The van der Waals surface area contributed by atoms with Gasteiger partial charge in [0.15, 0.2) is 0 Å². The van der Waals surface area contributed by atoms with Gasteiger partial charge in [0, 0.05) is 162 Å². The van der Waals surface area contributed by atoms with E-state index in [0.29, 0.717) is 0 Å². The van der Waals surface area contributed by atoms with Gasteiger partial charge in [-0.1, -0.05) is 24.3 Å². The maximum Gasteiger partial charge on any atom is 0.230 e. The van der Waals surface area contributed by atoms with Crippen LogP contribution in [0.4, 0.5) is 0 Å². The van der Waals surface area contributed by atoms with Crippen LogP contribution >= 0.6 is 18.5 Å². The molecule has 0 aliphatic carbocycles. The molecule has 2 aromatic carbocycles. The molecule has 2 atom stereocenters. The SMILES string of the molecule is Pc1cccc2c1-c1c(P)cccc1OCO2.[Ar].[Ar].[Ar].[Ar]. The van der Waals surface area contributed by atoms with E-state index in [4.69, 9.17) is 9.47 Å². The quantitative estimate of drug-likeness (QED) is 0.606. The summed E-state index contributed by atoms with van der Waals surface area (Å²) >= 11 is 0. The summed E-state index contributed by atoms with van der Waals surface area (Å²) in [6, 6.07) is 12.0. The Bertz CT molecular complexity index is 545. The first-order valence-electron chi connectivity index (χ1n) is 5.30. The topological polar surface area (TPSA) is 18.5 Å². The number of fused-ring (bicyclic) bond motifs is 3. The minimum atomic E-state index is 0. The van der Waals surface area contributed by atoms with Crippen LogP contribution in [-0.4, -0.2) is 6.79 Å². The van der Waals surface area contributed by atoms with Crippen LogP contribution in [0.1, 0.15) is 0 Å². The second-order valence-electron chi connectivity index (χ2n) is 3.85. The molecule has 21 heavy (non-hydrogen) atoms. The van der Waals surface area contributed by atoms with Crippen LogP contribution in [0.25, 0.3) is 11.1 Å². The monoisotopic (exact) mass is 422 g/mol. The van der Waals surface area contributed by atoms with Crippen LogP contribution in [-0.2, 0) is 0 Å². The van der Waals surface area contributed by atoms with E-state index in [1.165, 1.54) is 0 Å². The van der Waals surface area contributed by atoms with Gasteiger partial charge in [-0.3, -0.25) is 0 Å². The maximum absolute atomic E-state index is 5.62. The fourth-order valence-electron chi connectivity index (χ4n) is 2.03. The van der Waals surface area contributed by atoms with E-state index in [-0.39, 0.29) is 158 Å².